The lowest BCUT2D eigenvalue weighted by Crippen LogP contribution is -2.45. The van der Waals surface area contributed by atoms with Gasteiger partial charge in [-0.15, -0.1) is 0 Å². The van der Waals surface area contributed by atoms with E-state index < -0.39 is 11.6 Å². The van der Waals surface area contributed by atoms with Crippen molar-refractivity contribution in [2.45, 2.75) is 25.1 Å². The molecule has 20 heavy (non-hydrogen) atoms. The van der Waals surface area contributed by atoms with E-state index in [-0.39, 0.29) is 23.1 Å². The number of benzene rings is 1. The molecule has 0 bridgehead atoms. The van der Waals surface area contributed by atoms with Gasteiger partial charge in [-0.2, -0.15) is 11.8 Å². The van der Waals surface area contributed by atoms with Crippen LogP contribution in [-0.2, 0) is 0 Å². The van der Waals surface area contributed by atoms with Crippen molar-refractivity contribution in [2.75, 3.05) is 17.2 Å². The summed E-state index contributed by atoms with van der Waals surface area (Å²) in [6, 6.07) is 2.21. The van der Waals surface area contributed by atoms with Crippen LogP contribution < -0.4 is 10.6 Å². The molecule has 2 rings (SSSR count). The van der Waals surface area contributed by atoms with Gasteiger partial charge in [0.1, 0.15) is 17.3 Å². The molecule has 3 N–H and O–H groups in total. The van der Waals surface area contributed by atoms with Crippen LogP contribution in [0.5, 0.6) is 0 Å². The molecule has 0 amide bonds. The molecule has 0 spiro atoms. The predicted octanol–water partition coefficient (Wildman–Crippen LogP) is 2.39. The van der Waals surface area contributed by atoms with Crippen molar-refractivity contribution < 1.29 is 14.0 Å². The molecule has 1 heterocycles. The average molecular weight is 301 g/mol. The summed E-state index contributed by atoms with van der Waals surface area (Å²) < 4.78 is 28.4. The molecule has 110 valence electrons. The fourth-order valence-corrected chi connectivity index (χ4v) is 3.39. The molecular formula is C13H17F2N3OS. The van der Waals surface area contributed by atoms with Crippen LogP contribution in [-0.4, -0.2) is 34.6 Å². The van der Waals surface area contributed by atoms with Crippen molar-refractivity contribution in [3.05, 3.63) is 29.3 Å². The molecule has 0 aliphatic carbocycles. The summed E-state index contributed by atoms with van der Waals surface area (Å²) in [5.41, 5.74) is 5.34. The van der Waals surface area contributed by atoms with Gasteiger partial charge >= 0.3 is 0 Å². The van der Waals surface area contributed by atoms with Crippen molar-refractivity contribution in [3.8, 4) is 0 Å². The summed E-state index contributed by atoms with van der Waals surface area (Å²) in [5, 5.41) is 11.6. The summed E-state index contributed by atoms with van der Waals surface area (Å²) in [5.74, 6) is -0.883. The van der Waals surface area contributed by atoms with E-state index in [4.69, 9.17) is 10.9 Å². The monoisotopic (exact) mass is 301 g/mol. The molecule has 1 aliphatic rings. The van der Waals surface area contributed by atoms with Crippen molar-refractivity contribution >= 4 is 23.3 Å². The third kappa shape index (κ3) is 2.67. The number of rotatable bonds is 2. The van der Waals surface area contributed by atoms with Crippen molar-refractivity contribution in [1.82, 2.24) is 0 Å². The van der Waals surface area contributed by atoms with E-state index in [9.17, 15) is 8.78 Å². The second-order valence-corrected chi connectivity index (χ2v) is 6.27. The van der Waals surface area contributed by atoms with Crippen LogP contribution in [0.15, 0.2) is 17.3 Å². The highest BCUT2D eigenvalue weighted by atomic mass is 32.2. The van der Waals surface area contributed by atoms with Gasteiger partial charge in [-0.3, -0.25) is 0 Å². The molecule has 1 aromatic rings. The molecule has 4 nitrogen and oxygen atoms in total. The van der Waals surface area contributed by atoms with E-state index in [0.717, 1.165) is 17.9 Å². The zero-order valence-electron chi connectivity index (χ0n) is 11.3. The predicted molar refractivity (Wildman–Crippen MR) is 77.6 cm³/mol. The Morgan fingerprint density at radius 2 is 2.00 bits per heavy atom. The van der Waals surface area contributed by atoms with Crippen molar-refractivity contribution in [3.63, 3.8) is 0 Å². The summed E-state index contributed by atoms with van der Waals surface area (Å²) in [6.07, 6.45) is 0. The molecule has 7 heteroatoms. The first kappa shape index (κ1) is 14.9. The van der Waals surface area contributed by atoms with Crippen LogP contribution in [0.1, 0.15) is 19.4 Å². The van der Waals surface area contributed by atoms with Crippen LogP contribution in [0, 0.1) is 11.6 Å². The Kier molecular flexibility index (Phi) is 4.37. The number of nitrogens with zero attached hydrogens (tertiary/aromatic N) is 2. The normalized spacial score (nSPS) is 24.0. The number of oxime groups is 1. The average Bonchev–Trinajstić information content (AvgIpc) is 2.41. The maximum absolute atomic E-state index is 14.2. The first-order chi connectivity index (χ1) is 9.45. The number of amidine groups is 1. The van der Waals surface area contributed by atoms with Gasteiger partial charge < -0.3 is 15.8 Å². The van der Waals surface area contributed by atoms with E-state index in [1.807, 2.05) is 13.8 Å². The highest BCUT2D eigenvalue weighted by Crippen LogP contribution is 2.33. The fraction of sp³-hybridized carbons (Fsp3) is 0.462. The third-order valence-electron chi connectivity index (χ3n) is 3.59. The number of hydrogen-bond acceptors (Lipinski definition) is 4. The first-order valence-electron chi connectivity index (χ1n) is 6.31. The molecular weight excluding hydrogens is 284 g/mol. The van der Waals surface area contributed by atoms with Crippen LogP contribution >= 0.6 is 11.8 Å². The lowest BCUT2D eigenvalue weighted by Gasteiger charge is -2.39. The number of anilines is 1. The minimum atomic E-state index is -0.697. The maximum Gasteiger partial charge on any atom is 0.170 e. The van der Waals surface area contributed by atoms with Crippen LogP contribution in [0.4, 0.5) is 14.5 Å². The van der Waals surface area contributed by atoms with E-state index in [0.29, 0.717) is 11.8 Å². The molecule has 1 fully saturated rings. The SMILES string of the molecule is CC1SCCN(c2c(F)cc(C(N)=NO)cc2F)C1C. The zero-order valence-corrected chi connectivity index (χ0v) is 12.1. The van der Waals surface area contributed by atoms with Crippen LogP contribution in [0.25, 0.3) is 0 Å². The second kappa shape index (κ2) is 5.87. The lowest BCUT2D eigenvalue weighted by molar-refractivity contribution is 0.318. The molecule has 0 aromatic heterocycles. The summed E-state index contributed by atoms with van der Waals surface area (Å²) in [6.45, 7) is 4.59. The summed E-state index contributed by atoms with van der Waals surface area (Å²) >= 11 is 1.79. The van der Waals surface area contributed by atoms with Gasteiger partial charge in [0.25, 0.3) is 0 Å². The van der Waals surface area contributed by atoms with Crippen molar-refractivity contribution in [1.29, 1.82) is 0 Å². The minimum absolute atomic E-state index is 0.0262. The number of thioether (sulfide) groups is 1. The van der Waals surface area contributed by atoms with E-state index in [2.05, 4.69) is 5.16 Å². The minimum Gasteiger partial charge on any atom is -0.409 e. The summed E-state index contributed by atoms with van der Waals surface area (Å²) in [4.78, 5) is 1.74. The Labute approximate surface area is 120 Å². The highest BCUT2D eigenvalue weighted by molar-refractivity contribution is 8.00. The maximum atomic E-state index is 14.2. The Balaban J connectivity index is 2.42. The Morgan fingerprint density at radius 1 is 1.40 bits per heavy atom. The van der Waals surface area contributed by atoms with Crippen LogP contribution in [0.3, 0.4) is 0 Å². The molecule has 1 aromatic carbocycles. The van der Waals surface area contributed by atoms with Gasteiger partial charge in [0.2, 0.25) is 0 Å². The topological polar surface area (TPSA) is 61.8 Å². The third-order valence-corrected chi connectivity index (χ3v) is 4.93. The quantitative estimate of drug-likeness (QED) is 0.381. The Bertz CT molecular complexity index is 515. The second-order valence-electron chi connectivity index (χ2n) is 4.78. The Hall–Kier alpha value is -1.50. The highest BCUT2D eigenvalue weighted by Gasteiger charge is 2.29. The lowest BCUT2D eigenvalue weighted by atomic mass is 10.1. The summed E-state index contributed by atoms with van der Waals surface area (Å²) in [7, 11) is 0. The van der Waals surface area contributed by atoms with Gasteiger partial charge in [-0.05, 0) is 19.1 Å². The molecule has 0 radical (unpaired) electrons. The molecule has 2 atom stereocenters. The standard InChI is InChI=1S/C13H17F2N3OS/c1-7-8(2)20-4-3-18(7)12-10(14)5-9(6-11(12)15)13(16)17-19/h5-8,19H,3-4H2,1-2H3,(H2,16,17). The smallest absolute Gasteiger partial charge is 0.170 e. The largest absolute Gasteiger partial charge is 0.409 e. The van der Waals surface area contributed by atoms with E-state index in [1.165, 1.54) is 0 Å². The number of halogens is 2. The van der Waals surface area contributed by atoms with Gasteiger partial charge in [-0.25, -0.2) is 8.78 Å². The van der Waals surface area contributed by atoms with Crippen LogP contribution in [0.2, 0.25) is 0 Å². The zero-order chi connectivity index (χ0) is 14.9. The molecule has 0 saturated carbocycles. The molecule has 1 aliphatic heterocycles. The fourth-order valence-electron chi connectivity index (χ4n) is 2.29. The number of nitrogens with two attached hydrogens (primary N) is 1. The molecule has 1 saturated heterocycles. The van der Waals surface area contributed by atoms with Gasteiger partial charge in [0.15, 0.2) is 5.84 Å². The first-order valence-corrected chi connectivity index (χ1v) is 7.35. The number of hydrogen-bond donors (Lipinski definition) is 2. The van der Waals surface area contributed by atoms with Gasteiger partial charge in [0.05, 0.1) is 0 Å². The molecule has 2 unspecified atom stereocenters. The van der Waals surface area contributed by atoms with E-state index in [1.54, 1.807) is 16.7 Å². The van der Waals surface area contributed by atoms with Crippen molar-refractivity contribution in [2.24, 2.45) is 10.9 Å². The van der Waals surface area contributed by atoms with Gasteiger partial charge in [0, 0.05) is 29.2 Å². The Morgan fingerprint density at radius 3 is 2.55 bits per heavy atom. The van der Waals surface area contributed by atoms with Gasteiger partial charge in [-0.1, -0.05) is 12.1 Å². The van der Waals surface area contributed by atoms with E-state index >= 15 is 0 Å².